The molecule has 0 spiro atoms. The molecule has 3 aromatic rings. The number of hydrogen-bond donors (Lipinski definition) is 1. The zero-order chi connectivity index (χ0) is 23.2. The molecule has 1 heterocycles. The molecular weight excluding hydrogens is 438 g/mol. The van der Waals surface area contributed by atoms with Gasteiger partial charge in [-0.25, -0.2) is 4.79 Å². The number of rotatable bonds is 8. The van der Waals surface area contributed by atoms with E-state index in [9.17, 15) is 9.59 Å². The van der Waals surface area contributed by atoms with Crippen LogP contribution < -0.4 is 14.8 Å². The van der Waals surface area contributed by atoms with E-state index in [-0.39, 0.29) is 12.5 Å². The Labute approximate surface area is 197 Å². The van der Waals surface area contributed by atoms with Crippen LogP contribution in [0.4, 0.5) is 5.00 Å². The standard InChI is InChI=1S/C26H27NO5S/c1-3-31-20-10-12-21(13-11-20)32-15-23(28)27-25-24(26(29)30-2)22(16-33-25)19-9-8-17-6-4-5-7-18(17)14-19/h8-14,16H,3-7,15H2,1-2H3,(H,27,28). The third kappa shape index (κ3) is 5.37. The highest BCUT2D eigenvalue weighted by atomic mass is 32.1. The molecular formula is C26H27NO5S. The van der Waals surface area contributed by atoms with Crippen molar-refractivity contribution in [1.82, 2.24) is 0 Å². The molecule has 0 saturated heterocycles. The van der Waals surface area contributed by atoms with Gasteiger partial charge in [-0.2, -0.15) is 0 Å². The Balaban J connectivity index is 1.49. The summed E-state index contributed by atoms with van der Waals surface area (Å²) >= 11 is 1.30. The van der Waals surface area contributed by atoms with Crippen LogP contribution >= 0.6 is 11.3 Å². The van der Waals surface area contributed by atoms with Gasteiger partial charge in [0, 0.05) is 10.9 Å². The summed E-state index contributed by atoms with van der Waals surface area (Å²) in [4.78, 5) is 25.2. The summed E-state index contributed by atoms with van der Waals surface area (Å²) in [6, 6.07) is 13.4. The number of fused-ring (bicyclic) bond motifs is 1. The molecule has 2 aromatic carbocycles. The van der Waals surface area contributed by atoms with Crippen LogP contribution in [0, 0.1) is 0 Å². The van der Waals surface area contributed by atoms with Crippen molar-refractivity contribution in [3.63, 3.8) is 0 Å². The summed E-state index contributed by atoms with van der Waals surface area (Å²) in [5.74, 6) is 0.465. The van der Waals surface area contributed by atoms with Crippen LogP contribution in [0.2, 0.25) is 0 Å². The van der Waals surface area contributed by atoms with E-state index in [1.807, 2.05) is 18.4 Å². The van der Waals surface area contributed by atoms with Gasteiger partial charge >= 0.3 is 5.97 Å². The fourth-order valence-electron chi connectivity index (χ4n) is 3.98. The quantitative estimate of drug-likeness (QED) is 0.445. The fraction of sp³-hybridized carbons (Fsp3) is 0.308. The van der Waals surface area contributed by atoms with Crippen molar-refractivity contribution >= 4 is 28.2 Å². The second kappa shape index (κ2) is 10.5. The summed E-state index contributed by atoms with van der Waals surface area (Å²) < 4.78 is 16.0. The number of benzene rings is 2. The van der Waals surface area contributed by atoms with Crippen molar-refractivity contribution in [3.8, 4) is 22.6 Å². The van der Waals surface area contributed by atoms with Crippen molar-refractivity contribution < 1.29 is 23.8 Å². The van der Waals surface area contributed by atoms with Gasteiger partial charge in [0.2, 0.25) is 0 Å². The van der Waals surface area contributed by atoms with Crippen LogP contribution in [0.1, 0.15) is 41.3 Å². The monoisotopic (exact) mass is 465 g/mol. The van der Waals surface area contributed by atoms with E-state index >= 15 is 0 Å². The van der Waals surface area contributed by atoms with E-state index in [4.69, 9.17) is 14.2 Å². The number of nitrogens with one attached hydrogen (secondary N) is 1. The lowest BCUT2D eigenvalue weighted by atomic mass is 9.89. The summed E-state index contributed by atoms with van der Waals surface area (Å²) in [5.41, 5.74) is 4.80. The Morgan fingerprint density at radius 2 is 1.67 bits per heavy atom. The molecule has 33 heavy (non-hydrogen) atoms. The largest absolute Gasteiger partial charge is 0.494 e. The van der Waals surface area contributed by atoms with E-state index in [2.05, 4.69) is 17.4 Å². The van der Waals surface area contributed by atoms with Crippen molar-refractivity contribution in [3.05, 3.63) is 64.5 Å². The molecule has 0 saturated carbocycles. The van der Waals surface area contributed by atoms with Crippen LogP contribution in [0.15, 0.2) is 47.8 Å². The lowest BCUT2D eigenvalue weighted by Crippen LogP contribution is -2.21. The molecule has 0 atom stereocenters. The summed E-state index contributed by atoms with van der Waals surface area (Å²) in [6.45, 7) is 2.32. The van der Waals surface area contributed by atoms with Crippen LogP contribution in [0.5, 0.6) is 11.5 Å². The Bertz CT molecular complexity index is 1140. The first-order valence-electron chi connectivity index (χ1n) is 11.1. The Morgan fingerprint density at radius 1 is 0.970 bits per heavy atom. The SMILES string of the molecule is CCOc1ccc(OCC(=O)Nc2scc(-c3ccc4c(c3)CCCC4)c2C(=O)OC)cc1. The number of amides is 1. The number of anilines is 1. The van der Waals surface area contributed by atoms with Crippen molar-refractivity contribution in [2.45, 2.75) is 32.6 Å². The van der Waals surface area contributed by atoms with E-state index in [1.54, 1.807) is 24.3 Å². The van der Waals surface area contributed by atoms with E-state index < -0.39 is 5.97 Å². The highest BCUT2D eigenvalue weighted by molar-refractivity contribution is 7.15. The average Bonchev–Trinajstić information content (AvgIpc) is 3.26. The number of methoxy groups -OCH3 is 1. The number of thiophene rings is 1. The molecule has 6 nitrogen and oxygen atoms in total. The average molecular weight is 466 g/mol. The lowest BCUT2D eigenvalue weighted by molar-refractivity contribution is -0.118. The Morgan fingerprint density at radius 3 is 2.36 bits per heavy atom. The maximum absolute atomic E-state index is 12.6. The highest BCUT2D eigenvalue weighted by Gasteiger charge is 2.23. The molecule has 172 valence electrons. The number of carbonyl (C=O) groups excluding carboxylic acids is 2. The van der Waals surface area contributed by atoms with Gasteiger partial charge in [-0.3, -0.25) is 4.79 Å². The predicted octanol–water partition coefficient (Wildman–Crippen LogP) is 5.50. The van der Waals surface area contributed by atoms with Crippen LogP contribution in [-0.4, -0.2) is 32.2 Å². The van der Waals surface area contributed by atoms with Crippen molar-refractivity contribution in [1.29, 1.82) is 0 Å². The summed E-state index contributed by atoms with van der Waals surface area (Å²) in [5, 5.41) is 5.15. The molecule has 1 aromatic heterocycles. The number of carbonyl (C=O) groups is 2. The Kier molecular flexibility index (Phi) is 7.29. The zero-order valence-corrected chi connectivity index (χ0v) is 19.6. The zero-order valence-electron chi connectivity index (χ0n) is 18.8. The maximum atomic E-state index is 12.6. The van der Waals surface area contributed by atoms with Gasteiger partial charge in [-0.15, -0.1) is 11.3 Å². The first-order valence-corrected chi connectivity index (χ1v) is 11.9. The first kappa shape index (κ1) is 22.9. The van der Waals surface area contributed by atoms with Crippen LogP contribution in [-0.2, 0) is 22.4 Å². The minimum atomic E-state index is -0.480. The second-order valence-corrected chi connectivity index (χ2v) is 8.66. The molecule has 4 rings (SSSR count). The highest BCUT2D eigenvalue weighted by Crippen LogP contribution is 2.37. The van der Waals surface area contributed by atoms with Gasteiger partial charge in [0.1, 0.15) is 22.1 Å². The fourth-order valence-corrected chi connectivity index (χ4v) is 4.95. The van der Waals surface area contributed by atoms with E-state index in [0.29, 0.717) is 22.9 Å². The van der Waals surface area contributed by atoms with Crippen molar-refractivity contribution in [2.24, 2.45) is 0 Å². The van der Waals surface area contributed by atoms with Gasteiger partial charge < -0.3 is 19.5 Å². The molecule has 0 aliphatic heterocycles. The summed E-state index contributed by atoms with van der Waals surface area (Å²) in [6.07, 6.45) is 4.54. The van der Waals surface area contributed by atoms with Gasteiger partial charge in [0.15, 0.2) is 6.61 Å². The second-order valence-electron chi connectivity index (χ2n) is 7.78. The number of esters is 1. The molecule has 1 amide bonds. The molecule has 1 N–H and O–H groups in total. The third-order valence-corrected chi connectivity index (χ3v) is 6.49. The molecule has 7 heteroatoms. The van der Waals surface area contributed by atoms with Gasteiger partial charge in [-0.1, -0.05) is 18.2 Å². The van der Waals surface area contributed by atoms with Crippen LogP contribution in [0.25, 0.3) is 11.1 Å². The van der Waals surface area contributed by atoms with Crippen molar-refractivity contribution in [2.75, 3.05) is 25.6 Å². The number of hydrogen-bond acceptors (Lipinski definition) is 6. The molecule has 0 fully saturated rings. The third-order valence-electron chi connectivity index (χ3n) is 5.60. The molecule has 0 radical (unpaired) electrons. The molecule has 0 unspecified atom stereocenters. The minimum Gasteiger partial charge on any atom is -0.494 e. The van der Waals surface area contributed by atoms with E-state index in [1.165, 1.54) is 42.4 Å². The maximum Gasteiger partial charge on any atom is 0.341 e. The molecule has 1 aliphatic carbocycles. The van der Waals surface area contributed by atoms with Gasteiger partial charge in [0.05, 0.1) is 13.7 Å². The summed E-state index contributed by atoms with van der Waals surface area (Å²) in [7, 11) is 1.34. The van der Waals surface area contributed by atoms with Gasteiger partial charge in [0.25, 0.3) is 5.91 Å². The first-order chi connectivity index (χ1) is 16.1. The van der Waals surface area contributed by atoms with Gasteiger partial charge in [-0.05, 0) is 73.6 Å². The lowest BCUT2D eigenvalue weighted by Gasteiger charge is -2.16. The normalized spacial score (nSPS) is 12.5. The number of ether oxygens (including phenoxy) is 3. The van der Waals surface area contributed by atoms with E-state index in [0.717, 1.165) is 29.7 Å². The Hall–Kier alpha value is -3.32. The number of aryl methyl sites for hydroxylation is 2. The smallest absolute Gasteiger partial charge is 0.341 e. The minimum absolute atomic E-state index is 0.180. The predicted molar refractivity (Wildman–Crippen MR) is 129 cm³/mol. The topological polar surface area (TPSA) is 73.9 Å². The van der Waals surface area contributed by atoms with Crippen LogP contribution in [0.3, 0.4) is 0 Å². The molecule has 0 bridgehead atoms. The molecule has 1 aliphatic rings.